The van der Waals surface area contributed by atoms with Crippen molar-refractivity contribution in [2.45, 2.75) is 32.0 Å². The standard InChI is InChI=1S/C14H17FO/c1-10(9-15)11(2)16-14-8-7-12-5-3-4-6-13(12)14/h3-6,11,14H,1,7-9H2,2H3. The van der Waals surface area contributed by atoms with Gasteiger partial charge in [-0.3, -0.25) is 0 Å². The molecule has 0 aromatic heterocycles. The molecule has 2 heteroatoms. The smallest absolute Gasteiger partial charge is 0.113 e. The SMILES string of the molecule is C=C(CF)C(C)OC1CCc2ccccc21. The van der Waals surface area contributed by atoms with E-state index in [2.05, 4.69) is 18.7 Å². The van der Waals surface area contributed by atoms with E-state index in [1.165, 1.54) is 11.1 Å². The molecule has 0 bridgehead atoms. The minimum atomic E-state index is -0.504. The van der Waals surface area contributed by atoms with Crippen molar-refractivity contribution >= 4 is 0 Å². The lowest BCUT2D eigenvalue weighted by atomic mass is 10.1. The molecule has 2 rings (SSSR count). The van der Waals surface area contributed by atoms with Crippen LogP contribution in [0.25, 0.3) is 0 Å². The van der Waals surface area contributed by atoms with Crippen molar-refractivity contribution < 1.29 is 9.13 Å². The predicted octanol–water partition coefficient (Wildman–Crippen LogP) is 3.60. The molecule has 1 aliphatic carbocycles. The van der Waals surface area contributed by atoms with Crippen LogP contribution < -0.4 is 0 Å². The van der Waals surface area contributed by atoms with Gasteiger partial charge >= 0.3 is 0 Å². The highest BCUT2D eigenvalue weighted by atomic mass is 19.1. The van der Waals surface area contributed by atoms with Crippen molar-refractivity contribution in [1.82, 2.24) is 0 Å². The maximum absolute atomic E-state index is 12.4. The van der Waals surface area contributed by atoms with Crippen LogP contribution in [-0.4, -0.2) is 12.8 Å². The predicted molar refractivity (Wildman–Crippen MR) is 63.2 cm³/mol. The van der Waals surface area contributed by atoms with Crippen LogP contribution in [0.15, 0.2) is 36.4 Å². The number of rotatable bonds is 4. The summed E-state index contributed by atoms with van der Waals surface area (Å²) in [5.41, 5.74) is 3.12. The van der Waals surface area contributed by atoms with Crippen LogP contribution in [0, 0.1) is 0 Å². The maximum atomic E-state index is 12.4. The highest BCUT2D eigenvalue weighted by molar-refractivity contribution is 5.33. The summed E-state index contributed by atoms with van der Waals surface area (Å²) in [6, 6.07) is 8.30. The van der Waals surface area contributed by atoms with Crippen LogP contribution >= 0.6 is 0 Å². The number of alkyl halides is 1. The van der Waals surface area contributed by atoms with Crippen molar-refractivity contribution in [3.63, 3.8) is 0 Å². The van der Waals surface area contributed by atoms with Crippen molar-refractivity contribution in [2.75, 3.05) is 6.67 Å². The molecular formula is C14H17FO. The van der Waals surface area contributed by atoms with Crippen LogP contribution in [-0.2, 0) is 11.2 Å². The number of hydrogen-bond donors (Lipinski definition) is 0. The van der Waals surface area contributed by atoms with E-state index in [4.69, 9.17) is 4.74 Å². The topological polar surface area (TPSA) is 9.23 Å². The summed E-state index contributed by atoms with van der Waals surface area (Å²) in [5.74, 6) is 0. The quantitative estimate of drug-likeness (QED) is 0.704. The molecule has 0 spiro atoms. The summed E-state index contributed by atoms with van der Waals surface area (Å²) in [7, 11) is 0. The molecule has 1 nitrogen and oxygen atoms in total. The highest BCUT2D eigenvalue weighted by Crippen LogP contribution is 2.35. The van der Waals surface area contributed by atoms with Gasteiger partial charge in [-0.1, -0.05) is 30.8 Å². The molecule has 0 amide bonds. The summed E-state index contributed by atoms with van der Waals surface area (Å²) in [5, 5.41) is 0. The molecule has 0 aliphatic heterocycles. The van der Waals surface area contributed by atoms with Gasteiger partial charge in [-0.15, -0.1) is 0 Å². The minimum absolute atomic E-state index is 0.106. The monoisotopic (exact) mass is 220 g/mol. The molecule has 86 valence electrons. The van der Waals surface area contributed by atoms with Crippen LogP contribution in [0.2, 0.25) is 0 Å². The van der Waals surface area contributed by atoms with E-state index in [0.717, 1.165) is 12.8 Å². The molecule has 0 heterocycles. The van der Waals surface area contributed by atoms with Gasteiger partial charge in [0.1, 0.15) is 6.67 Å². The first-order valence-corrected chi connectivity index (χ1v) is 5.69. The van der Waals surface area contributed by atoms with Gasteiger partial charge in [0.2, 0.25) is 0 Å². The minimum Gasteiger partial charge on any atom is -0.366 e. The van der Waals surface area contributed by atoms with Crippen molar-refractivity contribution in [1.29, 1.82) is 0 Å². The average molecular weight is 220 g/mol. The van der Waals surface area contributed by atoms with Gasteiger partial charge in [0.15, 0.2) is 0 Å². The van der Waals surface area contributed by atoms with E-state index in [-0.39, 0.29) is 12.2 Å². The van der Waals surface area contributed by atoms with Gasteiger partial charge in [0, 0.05) is 0 Å². The third kappa shape index (κ3) is 2.17. The molecule has 2 unspecified atom stereocenters. The molecule has 0 saturated carbocycles. The van der Waals surface area contributed by atoms with Gasteiger partial charge < -0.3 is 4.74 Å². The van der Waals surface area contributed by atoms with E-state index in [0.29, 0.717) is 5.57 Å². The Labute approximate surface area is 95.9 Å². The summed E-state index contributed by atoms with van der Waals surface area (Å²) in [6.07, 6.45) is 1.94. The average Bonchev–Trinajstić information content (AvgIpc) is 2.72. The fourth-order valence-corrected chi connectivity index (χ4v) is 2.11. The number of aryl methyl sites for hydroxylation is 1. The zero-order valence-corrected chi connectivity index (χ0v) is 9.58. The van der Waals surface area contributed by atoms with Crippen LogP contribution in [0.1, 0.15) is 30.6 Å². The number of halogens is 1. The molecule has 1 aromatic carbocycles. The van der Waals surface area contributed by atoms with E-state index >= 15 is 0 Å². The molecule has 0 radical (unpaired) electrons. The summed E-state index contributed by atoms with van der Waals surface area (Å²) in [6.45, 7) is 5.03. The Bertz CT molecular complexity index is 386. The lowest BCUT2D eigenvalue weighted by Gasteiger charge is -2.20. The normalized spacial score (nSPS) is 20.5. The van der Waals surface area contributed by atoms with Gasteiger partial charge in [-0.25, -0.2) is 4.39 Å². The molecule has 1 aromatic rings. The Morgan fingerprint density at radius 2 is 2.31 bits per heavy atom. The van der Waals surface area contributed by atoms with Crippen molar-refractivity contribution in [3.8, 4) is 0 Å². The first kappa shape index (κ1) is 11.3. The van der Waals surface area contributed by atoms with Gasteiger partial charge in [0.25, 0.3) is 0 Å². The van der Waals surface area contributed by atoms with E-state index in [1.54, 1.807) is 0 Å². The molecule has 2 atom stereocenters. The lowest BCUT2D eigenvalue weighted by molar-refractivity contribution is 0.0147. The molecule has 0 N–H and O–H groups in total. The van der Waals surface area contributed by atoms with Crippen molar-refractivity contribution in [3.05, 3.63) is 47.5 Å². The summed E-state index contributed by atoms with van der Waals surface area (Å²) >= 11 is 0. The van der Waals surface area contributed by atoms with Crippen LogP contribution in [0.4, 0.5) is 4.39 Å². The Balaban J connectivity index is 2.06. The molecular weight excluding hydrogens is 203 g/mol. The summed E-state index contributed by atoms with van der Waals surface area (Å²) in [4.78, 5) is 0. The van der Waals surface area contributed by atoms with E-state index in [9.17, 15) is 4.39 Å². The highest BCUT2D eigenvalue weighted by Gasteiger charge is 2.24. The van der Waals surface area contributed by atoms with Crippen LogP contribution in [0.3, 0.4) is 0 Å². The zero-order chi connectivity index (χ0) is 11.5. The van der Waals surface area contributed by atoms with Gasteiger partial charge in [-0.05, 0) is 36.5 Å². The number of benzene rings is 1. The third-order valence-corrected chi connectivity index (χ3v) is 3.19. The summed E-state index contributed by atoms with van der Waals surface area (Å²) < 4.78 is 18.3. The fourth-order valence-electron chi connectivity index (χ4n) is 2.11. The molecule has 0 saturated heterocycles. The molecule has 16 heavy (non-hydrogen) atoms. The van der Waals surface area contributed by atoms with Crippen LogP contribution in [0.5, 0.6) is 0 Å². The molecule has 0 fully saturated rings. The van der Waals surface area contributed by atoms with Gasteiger partial charge in [0.05, 0.1) is 12.2 Å². The van der Waals surface area contributed by atoms with E-state index in [1.807, 2.05) is 19.1 Å². The van der Waals surface area contributed by atoms with Crippen molar-refractivity contribution in [2.24, 2.45) is 0 Å². The Kier molecular flexibility index (Phi) is 3.39. The second-order valence-corrected chi connectivity index (χ2v) is 4.30. The fraction of sp³-hybridized carbons (Fsp3) is 0.429. The first-order chi connectivity index (χ1) is 7.72. The second kappa shape index (κ2) is 4.79. The largest absolute Gasteiger partial charge is 0.366 e. The number of hydrogen-bond acceptors (Lipinski definition) is 1. The Morgan fingerprint density at radius 1 is 1.56 bits per heavy atom. The van der Waals surface area contributed by atoms with Gasteiger partial charge in [-0.2, -0.15) is 0 Å². The first-order valence-electron chi connectivity index (χ1n) is 5.69. The molecule has 1 aliphatic rings. The second-order valence-electron chi connectivity index (χ2n) is 4.30. The maximum Gasteiger partial charge on any atom is 0.113 e. The lowest BCUT2D eigenvalue weighted by Crippen LogP contribution is -2.15. The Morgan fingerprint density at radius 3 is 3.06 bits per heavy atom. The Hall–Kier alpha value is -1.15. The third-order valence-electron chi connectivity index (χ3n) is 3.19. The number of fused-ring (bicyclic) bond motifs is 1. The van der Waals surface area contributed by atoms with E-state index < -0.39 is 6.67 Å². The zero-order valence-electron chi connectivity index (χ0n) is 9.58. The number of ether oxygens (including phenoxy) is 1.